The van der Waals surface area contributed by atoms with Crippen LogP contribution < -0.4 is 10.6 Å². The van der Waals surface area contributed by atoms with E-state index in [1.807, 2.05) is 29.2 Å². The zero-order valence-electron chi connectivity index (χ0n) is 29.3. The number of urea groups is 1. The zero-order valence-corrected chi connectivity index (χ0v) is 29.3. The van der Waals surface area contributed by atoms with E-state index in [2.05, 4.69) is 37.7 Å². The Labute approximate surface area is 300 Å². The molecule has 16 heteroatoms. The van der Waals surface area contributed by atoms with E-state index in [0.717, 1.165) is 62.8 Å². The third-order valence-electron chi connectivity index (χ3n) is 11.0. The molecule has 3 fully saturated rings. The van der Waals surface area contributed by atoms with Gasteiger partial charge in [-0.05, 0) is 68.5 Å². The number of H-pyrrole nitrogens is 1. The van der Waals surface area contributed by atoms with Gasteiger partial charge in [0.1, 0.15) is 6.04 Å². The highest BCUT2D eigenvalue weighted by atomic mass is 19.4. The van der Waals surface area contributed by atoms with Crippen LogP contribution in [0.3, 0.4) is 0 Å². The van der Waals surface area contributed by atoms with E-state index >= 15 is 0 Å². The van der Waals surface area contributed by atoms with Crippen molar-refractivity contribution in [3.05, 3.63) is 59.3 Å². The number of aromatic amines is 1. The van der Waals surface area contributed by atoms with Crippen LogP contribution in [0.5, 0.6) is 0 Å². The predicted octanol–water partition coefficient (Wildman–Crippen LogP) is 3.93. The molecule has 3 N–H and O–H groups in total. The lowest BCUT2D eigenvalue weighted by Crippen LogP contribution is -2.56. The van der Waals surface area contributed by atoms with Crippen molar-refractivity contribution in [3.8, 4) is 0 Å². The van der Waals surface area contributed by atoms with Gasteiger partial charge in [-0.25, -0.2) is 9.59 Å². The number of para-hydroxylation sites is 1. The summed E-state index contributed by atoms with van der Waals surface area (Å²) in [6, 6.07) is 9.32. The number of hydroxylamine groups is 2. The number of piperazine rings is 1. The molecule has 13 nitrogen and oxygen atoms in total. The largest absolute Gasteiger partial charge is 0.426 e. The van der Waals surface area contributed by atoms with Crippen LogP contribution in [-0.4, -0.2) is 137 Å². The number of fused-ring (bicyclic) bond motifs is 2. The maximum atomic E-state index is 14.0. The minimum Gasteiger partial charge on any atom is -0.351 e. The second-order valence-electron chi connectivity index (χ2n) is 14.3. The smallest absolute Gasteiger partial charge is 0.351 e. The van der Waals surface area contributed by atoms with Gasteiger partial charge in [0.25, 0.3) is 0 Å². The summed E-state index contributed by atoms with van der Waals surface area (Å²) in [5.74, 6) is -0.360. The monoisotopic (exact) mass is 725 g/mol. The Morgan fingerprint density at radius 1 is 0.962 bits per heavy atom. The first-order valence-corrected chi connectivity index (χ1v) is 18.2. The summed E-state index contributed by atoms with van der Waals surface area (Å²) in [5, 5.41) is 13.7. The summed E-state index contributed by atoms with van der Waals surface area (Å²) in [7, 11) is 2.11. The van der Waals surface area contributed by atoms with Crippen molar-refractivity contribution >= 4 is 34.6 Å². The highest BCUT2D eigenvalue weighted by molar-refractivity contribution is 5.91. The Morgan fingerprint density at radius 3 is 2.40 bits per heavy atom. The molecule has 4 aliphatic heterocycles. The summed E-state index contributed by atoms with van der Waals surface area (Å²) in [4.78, 5) is 54.4. The average molecular weight is 726 g/mol. The molecule has 0 spiro atoms. The van der Waals surface area contributed by atoms with Crippen LogP contribution in [0, 0.1) is 0 Å². The highest BCUT2D eigenvalue weighted by Gasteiger charge is 2.37. The van der Waals surface area contributed by atoms with Gasteiger partial charge in [-0.15, -0.1) is 5.06 Å². The average Bonchev–Trinajstić information content (AvgIpc) is 3.53. The van der Waals surface area contributed by atoms with Gasteiger partial charge in [0.2, 0.25) is 5.91 Å². The van der Waals surface area contributed by atoms with Gasteiger partial charge in [0.05, 0.1) is 17.3 Å². The lowest BCUT2D eigenvalue weighted by atomic mass is 9.98. The van der Waals surface area contributed by atoms with E-state index in [4.69, 9.17) is 4.84 Å². The summed E-state index contributed by atoms with van der Waals surface area (Å²) < 4.78 is 42.1. The van der Waals surface area contributed by atoms with Crippen molar-refractivity contribution in [1.82, 2.24) is 40.2 Å². The topological polar surface area (TPSA) is 129 Å². The molecule has 4 amide bonds. The number of likely N-dealkylation sites (N-methyl/N-ethyl adjacent to an activating group) is 1. The van der Waals surface area contributed by atoms with Crippen LogP contribution >= 0.6 is 0 Å². The van der Waals surface area contributed by atoms with Crippen LogP contribution in [0.25, 0.3) is 10.9 Å². The van der Waals surface area contributed by atoms with Crippen molar-refractivity contribution in [2.24, 2.45) is 0 Å². The third kappa shape index (κ3) is 8.13. The number of hydrogen-bond acceptors (Lipinski definition) is 8. The fourth-order valence-corrected chi connectivity index (χ4v) is 8.02. The van der Waals surface area contributed by atoms with Crippen molar-refractivity contribution in [2.45, 2.75) is 62.8 Å². The minimum absolute atomic E-state index is 0.0408. The molecule has 4 aliphatic rings. The quantitative estimate of drug-likeness (QED) is 0.335. The van der Waals surface area contributed by atoms with Gasteiger partial charge in [-0.3, -0.25) is 14.8 Å². The molecule has 1 unspecified atom stereocenters. The number of carbonyl (C=O) groups excluding carboxylic acids is 3. The summed E-state index contributed by atoms with van der Waals surface area (Å²) in [6.07, 6.45) is -0.911. The van der Waals surface area contributed by atoms with Crippen molar-refractivity contribution in [1.29, 1.82) is 0 Å². The van der Waals surface area contributed by atoms with E-state index in [1.54, 1.807) is 11.0 Å². The molecule has 1 aromatic heterocycles. The van der Waals surface area contributed by atoms with Crippen molar-refractivity contribution in [3.63, 3.8) is 0 Å². The molecule has 0 saturated carbocycles. The van der Waals surface area contributed by atoms with Crippen LogP contribution in [0.4, 0.5) is 28.4 Å². The number of alkyl halides is 3. The van der Waals surface area contributed by atoms with Crippen molar-refractivity contribution in [2.75, 3.05) is 71.3 Å². The van der Waals surface area contributed by atoms with Crippen molar-refractivity contribution < 1.29 is 32.4 Å². The van der Waals surface area contributed by atoms with Crippen LogP contribution in [0.15, 0.2) is 42.6 Å². The highest BCUT2D eigenvalue weighted by Crippen LogP contribution is 2.35. The number of nitrogens with zero attached hydrogens (tertiary/aromatic N) is 6. The Balaban J connectivity index is 0.999. The van der Waals surface area contributed by atoms with Gasteiger partial charge in [-0.2, -0.15) is 18.3 Å². The normalized spacial score (nSPS) is 21.0. The minimum atomic E-state index is -4.65. The summed E-state index contributed by atoms with van der Waals surface area (Å²) in [6.45, 7) is 6.23. The number of halogens is 3. The Hall–Kier alpha value is -4.41. The van der Waals surface area contributed by atoms with E-state index in [1.165, 1.54) is 11.3 Å². The summed E-state index contributed by atoms with van der Waals surface area (Å²) >= 11 is 0. The second kappa shape index (κ2) is 15.3. The van der Waals surface area contributed by atoms with E-state index in [0.29, 0.717) is 51.6 Å². The molecule has 3 aromatic rings. The Bertz CT molecular complexity index is 1750. The standard InChI is InChI=1S/C36H46F3N9O4/c1-44-16-18-45(19-17-44)27-7-11-46(12-8-27)33(49)31(22-24-20-26-23-40-43-32(26)29(21-24)36(37,38)39)42-35(51)52-47-13-9-28(10-14-47)48-15-6-25-4-2-3-5-30(25)41-34(48)50/h2-5,20-21,23,27-28,31H,6-19,22H2,1H3,(H,40,43)(H,41,50)(H,42,51). The Morgan fingerprint density at radius 2 is 1.67 bits per heavy atom. The molecule has 0 bridgehead atoms. The molecule has 2 aromatic carbocycles. The molecule has 52 heavy (non-hydrogen) atoms. The number of hydrogen-bond donors (Lipinski definition) is 3. The first kappa shape index (κ1) is 36.0. The number of anilines is 1. The lowest BCUT2D eigenvalue weighted by Gasteiger charge is -2.42. The molecule has 0 radical (unpaired) electrons. The first-order chi connectivity index (χ1) is 25.0. The van der Waals surface area contributed by atoms with Gasteiger partial charge >= 0.3 is 18.3 Å². The van der Waals surface area contributed by atoms with E-state index < -0.39 is 23.9 Å². The number of nitrogens with one attached hydrogen (secondary N) is 3. The maximum absolute atomic E-state index is 14.0. The zero-order chi connectivity index (χ0) is 36.4. The molecule has 3 saturated heterocycles. The van der Waals surface area contributed by atoms with Gasteiger partial charge < -0.3 is 30.2 Å². The number of likely N-dealkylation sites (tertiary alicyclic amines) is 1. The van der Waals surface area contributed by atoms with E-state index in [-0.39, 0.29) is 40.9 Å². The number of benzene rings is 2. The Kier molecular flexibility index (Phi) is 10.6. The van der Waals surface area contributed by atoms with Crippen LogP contribution in [0.1, 0.15) is 42.4 Å². The second-order valence-corrected chi connectivity index (χ2v) is 14.3. The first-order valence-electron chi connectivity index (χ1n) is 18.2. The summed E-state index contributed by atoms with van der Waals surface area (Å²) in [5.41, 5.74) is 1.12. The van der Waals surface area contributed by atoms with Crippen LogP contribution in [0.2, 0.25) is 0 Å². The molecule has 1 atom stereocenters. The molecular formula is C36H46F3N9O4. The molecular weight excluding hydrogens is 679 g/mol. The molecule has 0 aliphatic carbocycles. The fourth-order valence-electron chi connectivity index (χ4n) is 8.02. The van der Waals surface area contributed by atoms with Gasteiger partial charge in [-0.1, -0.05) is 18.2 Å². The molecule has 7 rings (SSSR count). The lowest BCUT2D eigenvalue weighted by molar-refractivity contribution is -0.137. The predicted molar refractivity (Wildman–Crippen MR) is 187 cm³/mol. The number of rotatable bonds is 7. The maximum Gasteiger partial charge on any atom is 0.426 e. The van der Waals surface area contributed by atoms with Gasteiger partial charge in [0.15, 0.2) is 0 Å². The van der Waals surface area contributed by atoms with Crippen LogP contribution in [-0.2, 0) is 28.7 Å². The fraction of sp³-hybridized carbons (Fsp3) is 0.556. The number of amides is 4. The third-order valence-corrected chi connectivity index (χ3v) is 11.0. The SMILES string of the molecule is CN1CCN(C2CCN(C(=O)C(Cc3cc(C(F)(F)F)c4[nH]ncc4c3)NC(=O)ON3CCC(N4CCc5ccccc5NC4=O)CC3)CC2)CC1. The van der Waals surface area contributed by atoms with Gasteiger partial charge in [0, 0.05) is 88.5 Å². The number of carbonyl (C=O) groups is 3. The molecule has 5 heterocycles. The number of aromatic nitrogens is 2. The van der Waals surface area contributed by atoms with E-state index in [9.17, 15) is 27.6 Å². The molecule has 280 valence electrons. The number of piperidine rings is 2.